The summed E-state index contributed by atoms with van der Waals surface area (Å²) >= 11 is 0. The molecule has 0 aliphatic carbocycles. The molecule has 92 valence electrons. The molecule has 1 aliphatic rings. The predicted molar refractivity (Wildman–Crippen MR) is 64.8 cm³/mol. The molecular weight excluding hydrogens is 220 g/mol. The van der Waals surface area contributed by atoms with Crippen LogP contribution < -0.4 is 0 Å². The molecular formula is C12H16N2O3. The second-order valence-corrected chi connectivity index (χ2v) is 3.93. The Hall–Kier alpha value is -1.75. The largest absolute Gasteiger partial charge is 0.305 e. The lowest BCUT2D eigenvalue weighted by Crippen LogP contribution is -2.29. The third-order valence-electron chi connectivity index (χ3n) is 2.51. The highest BCUT2D eigenvalue weighted by atomic mass is 16.6. The van der Waals surface area contributed by atoms with Gasteiger partial charge in [0.15, 0.2) is 0 Å². The monoisotopic (exact) mass is 236 g/mol. The summed E-state index contributed by atoms with van der Waals surface area (Å²) in [6.07, 6.45) is 1.52. The van der Waals surface area contributed by atoms with Gasteiger partial charge in [0.25, 0.3) is 5.69 Å². The fourth-order valence-corrected chi connectivity index (χ4v) is 1.42. The number of ketones is 1. The van der Waals surface area contributed by atoms with E-state index in [1.165, 1.54) is 12.1 Å². The lowest BCUT2D eigenvalue weighted by atomic mass is 10.1. The highest BCUT2D eigenvalue weighted by molar-refractivity contribution is 5.79. The Balaban J connectivity index is 0.000000171. The average Bonchev–Trinajstić information content (AvgIpc) is 2.35. The number of piperidine rings is 1. The van der Waals surface area contributed by atoms with Crippen LogP contribution in [0.3, 0.4) is 0 Å². The quantitative estimate of drug-likeness (QED) is 0.551. The number of non-ortho nitro benzene ring substituents is 1. The van der Waals surface area contributed by atoms with E-state index in [0.717, 1.165) is 25.9 Å². The Morgan fingerprint density at radius 3 is 2.06 bits per heavy atom. The van der Waals surface area contributed by atoms with Gasteiger partial charge in [0, 0.05) is 38.1 Å². The fraction of sp³-hybridized carbons (Fsp3) is 0.417. The van der Waals surface area contributed by atoms with Crippen molar-refractivity contribution in [1.82, 2.24) is 4.90 Å². The number of para-hydroxylation sites is 1. The first-order valence-electron chi connectivity index (χ1n) is 5.49. The van der Waals surface area contributed by atoms with E-state index >= 15 is 0 Å². The van der Waals surface area contributed by atoms with Crippen molar-refractivity contribution in [1.29, 1.82) is 0 Å². The van der Waals surface area contributed by atoms with E-state index in [0.29, 0.717) is 5.78 Å². The van der Waals surface area contributed by atoms with Crippen molar-refractivity contribution in [2.75, 3.05) is 20.1 Å². The number of carbonyl (C=O) groups excluding carboxylic acids is 1. The minimum atomic E-state index is -0.417. The van der Waals surface area contributed by atoms with Crippen molar-refractivity contribution in [2.24, 2.45) is 0 Å². The number of nitrogens with zero attached hydrogens (tertiary/aromatic N) is 2. The van der Waals surface area contributed by atoms with Crippen LogP contribution in [0.25, 0.3) is 0 Å². The molecule has 1 fully saturated rings. The molecule has 5 nitrogen and oxygen atoms in total. The number of hydrogen-bond donors (Lipinski definition) is 0. The highest BCUT2D eigenvalue weighted by Gasteiger charge is 2.10. The minimum Gasteiger partial charge on any atom is -0.305 e. The number of benzene rings is 1. The number of rotatable bonds is 1. The first kappa shape index (κ1) is 13.3. The van der Waals surface area contributed by atoms with Crippen LogP contribution in [0.2, 0.25) is 0 Å². The van der Waals surface area contributed by atoms with E-state index in [-0.39, 0.29) is 5.69 Å². The van der Waals surface area contributed by atoms with E-state index in [2.05, 4.69) is 4.90 Å². The molecule has 0 amide bonds. The molecule has 0 spiro atoms. The minimum absolute atomic E-state index is 0.137. The highest BCUT2D eigenvalue weighted by Crippen LogP contribution is 2.06. The summed E-state index contributed by atoms with van der Waals surface area (Å²) in [5.41, 5.74) is 0.137. The van der Waals surface area contributed by atoms with Crippen molar-refractivity contribution >= 4 is 11.5 Å². The van der Waals surface area contributed by atoms with Gasteiger partial charge in [-0.15, -0.1) is 0 Å². The molecule has 1 saturated heterocycles. The summed E-state index contributed by atoms with van der Waals surface area (Å²) in [6.45, 7) is 1.91. The van der Waals surface area contributed by atoms with Gasteiger partial charge in [-0.3, -0.25) is 14.9 Å². The molecule has 0 aromatic heterocycles. The smallest absolute Gasteiger partial charge is 0.269 e. The van der Waals surface area contributed by atoms with E-state index in [1.54, 1.807) is 18.2 Å². The zero-order valence-corrected chi connectivity index (χ0v) is 9.83. The molecule has 0 atom stereocenters. The summed E-state index contributed by atoms with van der Waals surface area (Å²) in [5.74, 6) is 0.420. The number of likely N-dealkylation sites (tertiary alicyclic amines) is 1. The number of hydrogen-bond acceptors (Lipinski definition) is 4. The molecule has 1 heterocycles. The molecule has 0 saturated carbocycles. The molecule has 1 aromatic rings. The van der Waals surface area contributed by atoms with Crippen LogP contribution in [0.5, 0.6) is 0 Å². The molecule has 1 aliphatic heterocycles. The first-order chi connectivity index (χ1) is 8.09. The van der Waals surface area contributed by atoms with Crippen LogP contribution in [0.4, 0.5) is 5.69 Å². The molecule has 2 rings (SSSR count). The zero-order valence-electron chi connectivity index (χ0n) is 9.83. The van der Waals surface area contributed by atoms with E-state index < -0.39 is 4.92 Å². The normalized spacial score (nSPS) is 15.9. The molecule has 17 heavy (non-hydrogen) atoms. The van der Waals surface area contributed by atoms with Crippen LogP contribution in [-0.2, 0) is 4.79 Å². The zero-order chi connectivity index (χ0) is 12.7. The van der Waals surface area contributed by atoms with E-state index in [4.69, 9.17) is 0 Å². The summed E-state index contributed by atoms with van der Waals surface area (Å²) in [5, 5.41) is 10.0. The third-order valence-corrected chi connectivity index (χ3v) is 2.51. The van der Waals surface area contributed by atoms with Gasteiger partial charge in [0.05, 0.1) is 4.92 Å². The maximum atomic E-state index is 10.6. The molecule has 0 bridgehead atoms. The van der Waals surface area contributed by atoms with Gasteiger partial charge in [0.1, 0.15) is 5.78 Å². The van der Waals surface area contributed by atoms with Crippen LogP contribution in [0.15, 0.2) is 30.3 Å². The Morgan fingerprint density at radius 1 is 1.18 bits per heavy atom. The third kappa shape index (κ3) is 5.21. The molecule has 0 unspecified atom stereocenters. The summed E-state index contributed by atoms with van der Waals surface area (Å²) in [7, 11) is 2.05. The summed E-state index contributed by atoms with van der Waals surface area (Å²) in [6, 6.07) is 7.93. The van der Waals surface area contributed by atoms with Crippen molar-refractivity contribution in [2.45, 2.75) is 12.8 Å². The van der Waals surface area contributed by atoms with Gasteiger partial charge in [-0.1, -0.05) is 18.2 Å². The van der Waals surface area contributed by atoms with Gasteiger partial charge < -0.3 is 4.90 Å². The second-order valence-electron chi connectivity index (χ2n) is 3.93. The van der Waals surface area contributed by atoms with Crippen LogP contribution in [0, 0.1) is 10.1 Å². The number of Topliss-reactive ketones (excluding diaryl/α,β-unsaturated/α-hetero) is 1. The van der Waals surface area contributed by atoms with Crippen molar-refractivity contribution < 1.29 is 9.72 Å². The van der Waals surface area contributed by atoms with Gasteiger partial charge >= 0.3 is 0 Å². The van der Waals surface area contributed by atoms with Crippen LogP contribution >= 0.6 is 0 Å². The van der Waals surface area contributed by atoms with Crippen molar-refractivity contribution in [3.8, 4) is 0 Å². The van der Waals surface area contributed by atoms with Gasteiger partial charge in [0.2, 0.25) is 0 Å². The standard InChI is InChI=1S/C6H5NO2.C6H11NO/c8-7(9)6-4-2-1-3-5-6;1-7-4-2-6(8)3-5-7/h1-5H;2-5H2,1H3. The van der Waals surface area contributed by atoms with Crippen molar-refractivity contribution in [3.05, 3.63) is 40.4 Å². The number of nitro groups is 1. The Morgan fingerprint density at radius 2 is 1.71 bits per heavy atom. The van der Waals surface area contributed by atoms with Crippen molar-refractivity contribution in [3.63, 3.8) is 0 Å². The van der Waals surface area contributed by atoms with Gasteiger partial charge in [-0.2, -0.15) is 0 Å². The molecule has 0 N–H and O–H groups in total. The predicted octanol–water partition coefficient (Wildman–Crippen LogP) is 1.88. The maximum absolute atomic E-state index is 10.6. The Kier molecular flexibility index (Phi) is 5.29. The average molecular weight is 236 g/mol. The summed E-state index contributed by atoms with van der Waals surface area (Å²) in [4.78, 5) is 22.4. The van der Waals surface area contributed by atoms with Gasteiger partial charge in [-0.05, 0) is 7.05 Å². The Labute approximate surface area is 100 Å². The molecule has 0 radical (unpaired) electrons. The lowest BCUT2D eigenvalue weighted by Gasteiger charge is -2.19. The van der Waals surface area contributed by atoms with E-state index in [1.807, 2.05) is 7.05 Å². The van der Waals surface area contributed by atoms with Gasteiger partial charge in [-0.25, -0.2) is 0 Å². The molecule has 5 heteroatoms. The van der Waals surface area contributed by atoms with Crippen LogP contribution in [-0.4, -0.2) is 35.7 Å². The first-order valence-corrected chi connectivity index (χ1v) is 5.49. The SMILES string of the molecule is CN1CCC(=O)CC1.O=[N+]([O-])c1ccccc1. The lowest BCUT2D eigenvalue weighted by molar-refractivity contribution is -0.384. The maximum Gasteiger partial charge on any atom is 0.269 e. The topological polar surface area (TPSA) is 63.5 Å². The number of carbonyl (C=O) groups is 1. The Bertz CT molecular complexity index is 369. The van der Waals surface area contributed by atoms with E-state index in [9.17, 15) is 14.9 Å². The summed E-state index contributed by atoms with van der Waals surface area (Å²) < 4.78 is 0. The molecule has 1 aromatic carbocycles. The van der Waals surface area contributed by atoms with Crippen LogP contribution in [0.1, 0.15) is 12.8 Å². The fourth-order valence-electron chi connectivity index (χ4n) is 1.42. The second kappa shape index (κ2) is 6.75. The number of nitro benzene ring substituents is 1.